The number of imide groups is 1. The fraction of sp³-hybridized carbons (Fsp3) is 0.400. The average Bonchev–Trinajstić information content (AvgIpc) is 3.25. The molecule has 0 spiro atoms. The molecule has 8 nitrogen and oxygen atoms in total. The lowest BCUT2D eigenvalue weighted by molar-refractivity contribution is -0.133. The summed E-state index contributed by atoms with van der Waals surface area (Å²) in [6.45, 7) is 1.91. The molecule has 8 heteroatoms. The Labute approximate surface area is 163 Å². The summed E-state index contributed by atoms with van der Waals surface area (Å²) in [4.78, 5) is 35.1. The van der Waals surface area contributed by atoms with E-state index in [1.165, 1.54) is 0 Å². The van der Waals surface area contributed by atoms with Gasteiger partial charge in [-0.2, -0.15) is 0 Å². The van der Waals surface area contributed by atoms with Gasteiger partial charge in [0.15, 0.2) is 5.82 Å². The van der Waals surface area contributed by atoms with Crippen molar-refractivity contribution in [2.24, 2.45) is 0 Å². The van der Waals surface area contributed by atoms with Crippen LogP contribution >= 0.6 is 0 Å². The highest BCUT2D eigenvalue weighted by Crippen LogP contribution is 2.27. The van der Waals surface area contributed by atoms with Crippen LogP contribution in [0.1, 0.15) is 25.7 Å². The zero-order valence-electron chi connectivity index (χ0n) is 15.8. The number of hydrogen-bond acceptors (Lipinski definition) is 7. The second kappa shape index (κ2) is 7.84. The first-order valence-corrected chi connectivity index (χ1v) is 9.51. The van der Waals surface area contributed by atoms with Gasteiger partial charge in [-0.1, -0.05) is 0 Å². The van der Waals surface area contributed by atoms with Gasteiger partial charge in [0.1, 0.15) is 23.4 Å². The smallest absolute Gasteiger partial charge is 0.249 e. The first-order valence-electron chi connectivity index (χ1n) is 9.51. The number of carbonyl (C=O) groups excluding carboxylic acids is 2. The van der Waals surface area contributed by atoms with E-state index in [-0.39, 0.29) is 11.8 Å². The van der Waals surface area contributed by atoms with Gasteiger partial charge in [-0.3, -0.25) is 14.9 Å². The van der Waals surface area contributed by atoms with Crippen LogP contribution in [0.25, 0.3) is 11.4 Å². The molecule has 0 aliphatic carbocycles. The maximum absolute atomic E-state index is 12.1. The van der Waals surface area contributed by atoms with Crippen LogP contribution in [0, 0.1) is 0 Å². The molecular formula is C20H23N5O3. The van der Waals surface area contributed by atoms with Crippen molar-refractivity contribution < 1.29 is 14.3 Å². The maximum atomic E-state index is 12.1. The van der Waals surface area contributed by atoms with Gasteiger partial charge in [-0.05, 0) is 43.5 Å². The normalized spacial score (nSPS) is 19.5. The fourth-order valence-electron chi connectivity index (χ4n) is 3.50. The highest BCUT2D eigenvalue weighted by molar-refractivity contribution is 6.01. The number of nitrogens with zero attached hydrogens (tertiary/aromatic N) is 3. The summed E-state index contributed by atoms with van der Waals surface area (Å²) >= 11 is 0. The van der Waals surface area contributed by atoms with Gasteiger partial charge in [0.05, 0.1) is 7.11 Å². The molecule has 3 heterocycles. The fourth-order valence-corrected chi connectivity index (χ4v) is 3.50. The summed E-state index contributed by atoms with van der Waals surface area (Å²) in [5.74, 6) is 2.22. The molecule has 146 valence electrons. The second-order valence-electron chi connectivity index (χ2n) is 7.01. The largest absolute Gasteiger partial charge is 0.497 e. The minimum Gasteiger partial charge on any atom is -0.497 e. The maximum Gasteiger partial charge on any atom is 0.249 e. The molecule has 0 saturated carbocycles. The molecule has 0 bridgehead atoms. The first-order chi connectivity index (χ1) is 13.6. The summed E-state index contributed by atoms with van der Waals surface area (Å²) in [6, 6.07) is 8.96. The van der Waals surface area contributed by atoms with Gasteiger partial charge in [0.25, 0.3) is 0 Å². The predicted octanol–water partition coefficient (Wildman–Crippen LogP) is 1.97. The monoisotopic (exact) mass is 381 g/mol. The van der Waals surface area contributed by atoms with Crippen LogP contribution < -0.4 is 20.3 Å². The topological polar surface area (TPSA) is 96.4 Å². The van der Waals surface area contributed by atoms with Gasteiger partial charge in [0, 0.05) is 31.1 Å². The van der Waals surface area contributed by atoms with E-state index in [2.05, 4.69) is 20.5 Å². The van der Waals surface area contributed by atoms with Crippen molar-refractivity contribution in [3.8, 4) is 17.1 Å². The molecule has 2 saturated heterocycles. The molecule has 0 radical (unpaired) electrons. The van der Waals surface area contributed by atoms with E-state index in [9.17, 15) is 9.59 Å². The number of aromatic nitrogens is 2. The molecule has 4 rings (SSSR count). The number of hydrogen-bond donors (Lipinski definition) is 2. The van der Waals surface area contributed by atoms with Crippen molar-refractivity contribution in [2.75, 3.05) is 30.4 Å². The molecule has 2 fully saturated rings. The molecule has 1 atom stereocenters. The molecule has 1 unspecified atom stereocenters. The van der Waals surface area contributed by atoms with Crippen molar-refractivity contribution in [3.63, 3.8) is 0 Å². The number of rotatable bonds is 5. The highest BCUT2D eigenvalue weighted by atomic mass is 16.5. The Balaban J connectivity index is 1.65. The minimum absolute atomic E-state index is 0.234. The summed E-state index contributed by atoms with van der Waals surface area (Å²) in [6.07, 6.45) is 3.04. The van der Waals surface area contributed by atoms with E-state index in [0.29, 0.717) is 24.5 Å². The van der Waals surface area contributed by atoms with E-state index in [0.717, 1.165) is 43.1 Å². The standard InChI is InChI=1S/C20H23N5O3/c1-28-14-6-4-13(5-7-14)19-22-16(12-17(23-19)25-10-2-3-11-25)21-15-8-9-18(26)24-20(15)27/h4-7,12,15H,2-3,8-11H2,1H3,(H,21,22,23)(H,24,26,27). The van der Waals surface area contributed by atoms with Crippen LogP contribution in [-0.2, 0) is 9.59 Å². The molecular weight excluding hydrogens is 358 g/mol. The Morgan fingerprint density at radius 1 is 1.14 bits per heavy atom. The Morgan fingerprint density at radius 3 is 2.57 bits per heavy atom. The summed E-state index contributed by atoms with van der Waals surface area (Å²) in [5.41, 5.74) is 0.869. The number of nitrogens with one attached hydrogen (secondary N) is 2. The van der Waals surface area contributed by atoms with Crippen molar-refractivity contribution in [3.05, 3.63) is 30.3 Å². The third-order valence-electron chi connectivity index (χ3n) is 5.05. The highest BCUT2D eigenvalue weighted by Gasteiger charge is 2.27. The Morgan fingerprint density at radius 2 is 1.89 bits per heavy atom. The number of anilines is 2. The van der Waals surface area contributed by atoms with E-state index in [1.807, 2.05) is 30.3 Å². The number of methoxy groups -OCH3 is 1. The van der Waals surface area contributed by atoms with Crippen LogP contribution in [0.2, 0.25) is 0 Å². The summed E-state index contributed by atoms with van der Waals surface area (Å²) in [7, 11) is 1.63. The quantitative estimate of drug-likeness (QED) is 0.765. The second-order valence-corrected chi connectivity index (χ2v) is 7.01. The average molecular weight is 381 g/mol. The molecule has 28 heavy (non-hydrogen) atoms. The SMILES string of the molecule is COc1ccc(-c2nc(NC3CCC(=O)NC3=O)cc(N3CCCC3)n2)cc1. The lowest BCUT2D eigenvalue weighted by Gasteiger charge is -2.24. The lowest BCUT2D eigenvalue weighted by atomic mass is 10.1. The molecule has 1 aromatic carbocycles. The molecule has 2 aliphatic rings. The Kier molecular flexibility index (Phi) is 5.10. The van der Waals surface area contributed by atoms with Gasteiger partial charge < -0.3 is 15.0 Å². The van der Waals surface area contributed by atoms with Gasteiger partial charge in [0.2, 0.25) is 11.8 Å². The van der Waals surface area contributed by atoms with Crippen molar-refractivity contribution in [1.29, 1.82) is 0 Å². The van der Waals surface area contributed by atoms with Gasteiger partial charge >= 0.3 is 0 Å². The van der Waals surface area contributed by atoms with E-state index < -0.39 is 6.04 Å². The number of amides is 2. The van der Waals surface area contributed by atoms with Crippen molar-refractivity contribution >= 4 is 23.5 Å². The minimum atomic E-state index is -0.484. The van der Waals surface area contributed by atoms with Gasteiger partial charge in [-0.15, -0.1) is 0 Å². The van der Waals surface area contributed by atoms with E-state index in [4.69, 9.17) is 9.72 Å². The number of benzene rings is 1. The predicted molar refractivity (Wildman–Crippen MR) is 105 cm³/mol. The third kappa shape index (κ3) is 3.90. The van der Waals surface area contributed by atoms with Crippen LogP contribution in [0.15, 0.2) is 30.3 Å². The first kappa shape index (κ1) is 18.2. The number of carbonyl (C=O) groups is 2. The van der Waals surface area contributed by atoms with Crippen molar-refractivity contribution in [2.45, 2.75) is 31.7 Å². The van der Waals surface area contributed by atoms with Crippen LogP contribution in [-0.4, -0.2) is 48.0 Å². The van der Waals surface area contributed by atoms with Crippen LogP contribution in [0.3, 0.4) is 0 Å². The molecule has 2 N–H and O–H groups in total. The van der Waals surface area contributed by atoms with E-state index >= 15 is 0 Å². The zero-order chi connectivity index (χ0) is 19.5. The lowest BCUT2D eigenvalue weighted by Crippen LogP contribution is -2.47. The Hall–Kier alpha value is -3.16. The molecule has 2 amide bonds. The van der Waals surface area contributed by atoms with Crippen LogP contribution in [0.4, 0.5) is 11.6 Å². The molecule has 2 aliphatic heterocycles. The molecule has 2 aromatic rings. The van der Waals surface area contributed by atoms with Gasteiger partial charge in [-0.25, -0.2) is 9.97 Å². The van der Waals surface area contributed by atoms with Crippen LogP contribution in [0.5, 0.6) is 5.75 Å². The third-order valence-corrected chi connectivity index (χ3v) is 5.05. The Bertz CT molecular complexity index is 878. The number of ether oxygens (including phenoxy) is 1. The molecule has 1 aromatic heterocycles. The summed E-state index contributed by atoms with van der Waals surface area (Å²) in [5, 5.41) is 5.55. The van der Waals surface area contributed by atoms with Crippen molar-refractivity contribution in [1.82, 2.24) is 15.3 Å². The number of piperidine rings is 1. The summed E-state index contributed by atoms with van der Waals surface area (Å²) < 4.78 is 5.22. The zero-order valence-corrected chi connectivity index (χ0v) is 15.8. The van der Waals surface area contributed by atoms with E-state index in [1.54, 1.807) is 7.11 Å².